The van der Waals surface area contributed by atoms with Crippen molar-refractivity contribution in [1.82, 2.24) is 14.9 Å². The quantitative estimate of drug-likeness (QED) is 0.825. The lowest BCUT2D eigenvalue weighted by Crippen LogP contribution is -2.23. The summed E-state index contributed by atoms with van der Waals surface area (Å²) in [4.78, 5) is 15.4. The molecule has 0 saturated carbocycles. The van der Waals surface area contributed by atoms with Crippen molar-refractivity contribution in [2.75, 3.05) is 6.54 Å². The summed E-state index contributed by atoms with van der Waals surface area (Å²) in [5.74, 6) is 6.45. The second-order valence-electron chi connectivity index (χ2n) is 4.77. The topological polar surface area (TPSA) is 56.1 Å². The minimum Gasteiger partial charge on any atom is -0.486 e. The van der Waals surface area contributed by atoms with Crippen LogP contribution in [0.15, 0.2) is 36.7 Å². The van der Waals surface area contributed by atoms with E-state index in [4.69, 9.17) is 4.74 Å². The van der Waals surface area contributed by atoms with Gasteiger partial charge < -0.3 is 14.6 Å². The molecule has 2 aromatic rings. The lowest BCUT2D eigenvalue weighted by molar-refractivity contribution is -0.115. The number of aromatic nitrogens is 2. The maximum atomic E-state index is 11.2. The zero-order chi connectivity index (χ0) is 15.8. The van der Waals surface area contributed by atoms with Gasteiger partial charge in [0.1, 0.15) is 18.2 Å². The summed E-state index contributed by atoms with van der Waals surface area (Å²) in [7, 11) is 1.94. The maximum Gasteiger partial charge on any atom is 0.295 e. The van der Waals surface area contributed by atoms with E-state index in [2.05, 4.69) is 22.1 Å². The first kappa shape index (κ1) is 15.6. The van der Waals surface area contributed by atoms with Crippen molar-refractivity contribution in [3.8, 4) is 17.6 Å². The zero-order valence-electron chi connectivity index (χ0n) is 12.8. The van der Waals surface area contributed by atoms with Crippen molar-refractivity contribution in [3.63, 3.8) is 0 Å². The van der Waals surface area contributed by atoms with Crippen molar-refractivity contribution < 1.29 is 9.53 Å². The van der Waals surface area contributed by atoms with Gasteiger partial charge in [0.15, 0.2) is 0 Å². The molecule has 1 aromatic heterocycles. The molecule has 1 N–H and O–H groups in total. The van der Waals surface area contributed by atoms with Crippen LogP contribution in [0.1, 0.15) is 18.3 Å². The summed E-state index contributed by atoms with van der Waals surface area (Å²) < 4.78 is 7.62. The van der Waals surface area contributed by atoms with E-state index in [1.54, 1.807) is 13.1 Å². The van der Waals surface area contributed by atoms with E-state index < -0.39 is 0 Å². The fourth-order valence-electron chi connectivity index (χ4n) is 1.91. The number of imidazole rings is 1. The third kappa shape index (κ3) is 4.67. The summed E-state index contributed by atoms with van der Waals surface area (Å²) >= 11 is 0. The van der Waals surface area contributed by atoms with Crippen molar-refractivity contribution in [1.29, 1.82) is 0 Å². The molecule has 0 fully saturated rings. The monoisotopic (exact) mass is 297 g/mol. The number of hydrogen-bond donors (Lipinski definition) is 1. The number of carbonyl (C=O) groups is 1. The fourth-order valence-corrected chi connectivity index (χ4v) is 1.91. The molecule has 22 heavy (non-hydrogen) atoms. The molecule has 0 aliphatic rings. The number of amides is 1. The minimum atomic E-state index is -0.238. The van der Waals surface area contributed by atoms with E-state index in [1.807, 2.05) is 42.1 Å². The Bertz CT molecular complexity index is 678. The third-order valence-corrected chi connectivity index (χ3v) is 3.15. The van der Waals surface area contributed by atoms with Crippen molar-refractivity contribution >= 4 is 5.91 Å². The van der Waals surface area contributed by atoms with Crippen LogP contribution in [0.5, 0.6) is 5.75 Å². The zero-order valence-corrected chi connectivity index (χ0v) is 12.8. The van der Waals surface area contributed by atoms with E-state index in [0.29, 0.717) is 13.2 Å². The largest absolute Gasteiger partial charge is 0.486 e. The van der Waals surface area contributed by atoms with Gasteiger partial charge in [0.2, 0.25) is 0 Å². The molecule has 0 atom stereocenters. The van der Waals surface area contributed by atoms with Crippen LogP contribution >= 0.6 is 0 Å². The molecule has 114 valence electrons. The highest BCUT2D eigenvalue weighted by Gasteiger charge is 2.01. The smallest absolute Gasteiger partial charge is 0.295 e. The Labute approximate surface area is 130 Å². The normalized spacial score (nSPS) is 9.73. The lowest BCUT2D eigenvalue weighted by Gasteiger charge is -2.07. The highest BCUT2D eigenvalue weighted by atomic mass is 16.5. The summed E-state index contributed by atoms with van der Waals surface area (Å²) in [6.07, 6.45) is 4.40. The number of hydrogen-bond acceptors (Lipinski definition) is 3. The van der Waals surface area contributed by atoms with Gasteiger partial charge in [-0.2, -0.15) is 0 Å². The van der Waals surface area contributed by atoms with Crippen molar-refractivity contribution in [2.45, 2.75) is 20.0 Å². The second-order valence-corrected chi connectivity index (χ2v) is 4.77. The van der Waals surface area contributed by atoms with Gasteiger partial charge in [-0.25, -0.2) is 4.98 Å². The molecule has 0 radical (unpaired) electrons. The Morgan fingerprint density at radius 3 is 2.77 bits per heavy atom. The van der Waals surface area contributed by atoms with Crippen LogP contribution in [0, 0.1) is 11.8 Å². The SMILES string of the molecule is CC#CC(=O)NCCc1ccc(OCc2nccn2C)cc1. The number of rotatable bonds is 6. The molecule has 0 aliphatic heterocycles. The van der Waals surface area contributed by atoms with E-state index in [9.17, 15) is 4.79 Å². The van der Waals surface area contributed by atoms with Crippen molar-refractivity contribution in [2.24, 2.45) is 7.05 Å². The average molecular weight is 297 g/mol. The number of ether oxygens (including phenoxy) is 1. The van der Waals surface area contributed by atoms with Crippen LogP contribution in [0.4, 0.5) is 0 Å². The summed E-state index contributed by atoms with van der Waals surface area (Å²) in [6, 6.07) is 7.83. The van der Waals surface area contributed by atoms with E-state index in [1.165, 1.54) is 0 Å². The first-order chi connectivity index (χ1) is 10.7. The Morgan fingerprint density at radius 1 is 1.36 bits per heavy atom. The van der Waals surface area contributed by atoms with Crippen LogP contribution in [0.2, 0.25) is 0 Å². The molecule has 0 spiro atoms. The Kier molecular flexibility index (Phi) is 5.61. The molecule has 5 heteroatoms. The van der Waals surface area contributed by atoms with Gasteiger partial charge in [0.05, 0.1) is 0 Å². The van der Waals surface area contributed by atoms with Crippen LogP contribution in [0.3, 0.4) is 0 Å². The fraction of sp³-hybridized carbons (Fsp3) is 0.294. The highest BCUT2D eigenvalue weighted by molar-refractivity contribution is 5.93. The van der Waals surface area contributed by atoms with Gasteiger partial charge in [0.25, 0.3) is 5.91 Å². The van der Waals surface area contributed by atoms with Crippen molar-refractivity contribution in [3.05, 3.63) is 48.0 Å². The Morgan fingerprint density at radius 2 is 2.14 bits per heavy atom. The number of aryl methyl sites for hydroxylation is 1. The Hall–Kier alpha value is -2.74. The number of carbonyl (C=O) groups excluding carboxylic acids is 1. The van der Waals surface area contributed by atoms with Gasteiger partial charge in [-0.3, -0.25) is 4.79 Å². The molecular formula is C17H19N3O2. The first-order valence-electron chi connectivity index (χ1n) is 7.07. The third-order valence-electron chi connectivity index (χ3n) is 3.15. The van der Waals surface area contributed by atoms with Crippen LogP contribution < -0.4 is 10.1 Å². The number of benzene rings is 1. The predicted octanol–water partition coefficient (Wildman–Crippen LogP) is 1.68. The van der Waals surface area contributed by atoms with Gasteiger partial charge in [-0.15, -0.1) is 0 Å². The number of nitrogens with one attached hydrogen (secondary N) is 1. The maximum absolute atomic E-state index is 11.2. The molecule has 0 aliphatic carbocycles. The Balaban J connectivity index is 1.78. The molecule has 1 heterocycles. The molecule has 5 nitrogen and oxygen atoms in total. The van der Waals surface area contributed by atoms with Crippen LogP contribution in [-0.4, -0.2) is 22.0 Å². The average Bonchev–Trinajstić information content (AvgIpc) is 2.92. The minimum absolute atomic E-state index is 0.238. The summed E-state index contributed by atoms with van der Waals surface area (Å²) in [6.45, 7) is 2.65. The molecule has 0 bridgehead atoms. The van der Waals surface area contributed by atoms with Gasteiger partial charge in [-0.1, -0.05) is 18.1 Å². The van der Waals surface area contributed by atoms with E-state index in [-0.39, 0.29) is 5.91 Å². The second kappa shape index (κ2) is 7.89. The molecule has 0 saturated heterocycles. The van der Waals surface area contributed by atoms with E-state index in [0.717, 1.165) is 23.6 Å². The predicted molar refractivity (Wildman–Crippen MR) is 84.1 cm³/mol. The van der Waals surface area contributed by atoms with Crippen LogP contribution in [-0.2, 0) is 24.9 Å². The molecule has 0 unspecified atom stereocenters. The summed E-state index contributed by atoms with van der Waals surface area (Å²) in [5, 5.41) is 2.74. The van der Waals surface area contributed by atoms with Crippen LogP contribution in [0.25, 0.3) is 0 Å². The molecule has 1 amide bonds. The molecule has 1 aromatic carbocycles. The highest BCUT2D eigenvalue weighted by Crippen LogP contribution is 2.14. The van der Waals surface area contributed by atoms with Gasteiger partial charge in [-0.05, 0) is 37.0 Å². The van der Waals surface area contributed by atoms with E-state index >= 15 is 0 Å². The molecule has 2 rings (SSSR count). The van der Waals surface area contributed by atoms with Gasteiger partial charge in [0, 0.05) is 26.0 Å². The first-order valence-corrected chi connectivity index (χ1v) is 7.07. The lowest BCUT2D eigenvalue weighted by atomic mass is 10.1. The number of nitrogens with zero attached hydrogens (tertiary/aromatic N) is 2. The summed E-state index contributed by atoms with van der Waals surface area (Å²) in [5.41, 5.74) is 1.13. The molecular weight excluding hydrogens is 278 g/mol. The standard InChI is InChI=1S/C17H19N3O2/c1-3-4-17(21)19-10-9-14-5-7-15(8-6-14)22-13-16-18-11-12-20(16)2/h5-8,11-12H,9-10,13H2,1-2H3,(H,19,21). The van der Waals surface area contributed by atoms with Gasteiger partial charge >= 0.3 is 0 Å².